The summed E-state index contributed by atoms with van der Waals surface area (Å²) in [5.41, 5.74) is 3.14. The molecular formula is C17H30N2S. The first-order chi connectivity index (χ1) is 9.42. The lowest BCUT2D eigenvalue weighted by Gasteiger charge is -2.22. The van der Waals surface area contributed by atoms with Gasteiger partial charge < -0.3 is 10.2 Å². The summed E-state index contributed by atoms with van der Waals surface area (Å²) in [6, 6.07) is 8.83. The summed E-state index contributed by atoms with van der Waals surface area (Å²) >= 11 is 1.91. The van der Waals surface area contributed by atoms with Crippen LogP contribution < -0.4 is 5.32 Å². The molecule has 3 heteroatoms. The van der Waals surface area contributed by atoms with Gasteiger partial charge in [0.25, 0.3) is 0 Å². The van der Waals surface area contributed by atoms with E-state index in [0.29, 0.717) is 0 Å². The molecule has 0 aliphatic rings. The molecule has 0 fully saturated rings. The SMILES string of the molecule is CSCCN(C)Cc1ccccc1CCNC(C)(C)C. The number of benzene rings is 1. The fourth-order valence-corrected chi connectivity index (χ4v) is 2.64. The van der Waals surface area contributed by atoms with Gasteiger partial charge in [-0.1, -0.05) is 24.3 Å². The zero-order valence-corrected chi connectivity index (χ0v) is 14.5. The summed E-state index contributed by atoms with van der Waals surface area (Å²) in [5, 5.41) is 3.57. The van der Waals surface area contributed by atoms with E-state index < -0.39 is 0 Å². The van der Waals surface area contributed by atoms with Gasteiger partial charge in [-0.2, -0.15) is 11.8 Å². The molecule has 0 aromatic heterocycles. The molecule has 0 aliphatic heterocycles. The van der Waals surface area contributed by atoms with Crippen LogP contribution in [0.4, 0.5) is 0 Å². The summed E-state index contributed by atoms with van der Waals surface area (Å²) in [6.45, 7) is 9.89. The molecule has 0 radical (unpaired) electrons. The Bertz CT molecular complexity index is 385. The second-order valence-electron chi connectivity index (χ2n) is 6.43. The third kappa shape index (κ3) is 7.32. The van der Waals surface area contributed by atoms with Crippen LogP contribution in [0, 0.1) is 0 Å². The maximum Gasteiger partial charge on any atom is 0.0233 e. The van der Waals surface area contributed by atoms with Gasteiger partial charge in [-0.05, 0) is 58.2 Å². The van der Waals surface area contributed by atoms with Crippen molar-refractivity contribution in [2.45, 2.75) is 39.3 Å². The summed E-state index contributed by atoms with van der Waals surface area (Å²) in [4.78, 5) is 2.41. The van der Waals surface area contributed by atoms with Crippen LogP contribution in [-0.4, -0.2) is 42.6 Å². The number of nitrogens with zero attached hydrogens (tertiary/aromatic N) is 1. The van der Waals surface area contributed by atoms with Crippen molar-refractivity contribution in [1.29, 1.82) is 0 Å². The van der Waals surface area contributed by atoms with E-state index >= 15 is 0 Å². The van der Waals surface area contributed by atoms with Gasteiger partial charge in [0.05, 0.1) is 0 Å². The van der Waals surface area contributed by atoms with Crippen molar-refractivity contribution < 1.29 is 0 Å². The highest BCUT2D eigenvalue weighted by Gasteiger charge is 2.09. The molecule has 0 saturated heterocycles. The summed E-state index contributed by atoms with van der Waals surface area (Å²) in [5.74, 6) is 1.20. The predicted molar refractivity (Wildman–Crippen MR) is 92.6 cm³/mol. The van der Waals surface area contributed by atoms with Crippen LogP contribution in [0.25, 0.3) is 0 Å². The standard InChI is InChI=1S/C17H30N2S/c1-17(2,3)18-11-10-15-8-6-7-9-16(15)14-19(4)12-13-20-5/h6-9,18H,10-14H2,1-5H3. The van der Waals surface area contributed by atoms with Crippen molar-refractivity contribution in [2.24, 2.45) is 0 Å². The minimum Gasteiger partial charge on any atom is -0.312 e. The Morgan fingerprint density at radius 2 is 1.80 bits per heavy atom. The lowest BCUT2D eigenvalue weighted by molar-refractivity contribution is 0.347. The van der Waals surface area contributed by atoms with Crippen molar-refractivity contribution in [3.05, 3.63) is 35.4 Å². The lowest BCUT2D eigenvalue weighted by atomic mass is 10.0. The minimum atomic E-state index is 0.198. The second kappa shape index (κ2) is 8.71. The van der Waals surface area contributed by atoms with Crippen molar-refractivity contribution >= 4 is 11.8 Å². The van der Waals surface area contributed by atoms with Crippen molar-refractivity contribution in [2.75, 3.05) is 32.1 Å². The molecule has 1 rings (SSSR count). The van der Waals surface area contributed by atoms with E-state index in [9.17, 15) is 0 Å². The second-order valence-corrected chi connectivity index (χ2v) is 7.41. The maximum atomic E-state index is 3.57. The Balaban J connectivity index is 2.54. The Kier molecular flexibility index (Phi) is 7.63. The molecule has 20 heavy (non-hydrogen) atoms. The van der Waals surface area contributed by atoms with Crippen molar-refractivity contribution in [3.8, 4) is 0 Å². The molecule has 0 amide bonds. The van der Waals surface area contributed by atoms with E-state index in [1.807, 2.05) is 11.8 Å². The number of rotatable bonds is 8. The van der Waals surface area contributed by atoms with Crippen LogP contribution >= 0.6 is 11.8 Å². The lowest BCUT2D eigenvalue weighted by Crippen LogP contribution is -2.37. The van der Waals surface area contributed by atoms with Crippen LogP contribution in [0.1, 0.15) is 31.9 Å². The molecule has 0 spiro atoms. The van der Waals surface area contributed by atoms with Crippen molar-refractivity contribution in [3.63, 3.8) is 0 Å². The molecule has 0 atom stereocenters. The Morgan fingerprint density at radius 3 is 2.40 bits per heavy atom. The third-order valence-electron chi connectivity index (χ3n) is 3.29. The minimum absolute atomic E-state index is 0.198. The van der Waals surface area contributed by atoms with E-state index in [1.54, 1.807) is 0 Å². The van der Waals surface area contributed by atoms with E-state index in [0.717, 1.165) is 26.1 Å². The van der Waals surface area contributed by atoms with Crippen LogP contribution in [0.3, 0.4) is 0 Å². The number of hydrogen-bond acceptors (Lipinski definition) is 3. The van der Waals surface area contributed by atoms with Gasteiger partial charge in [0.1, 0.15) is 0 Å². The molecule has 1 N–H and O–H groups in total. The highest BCUT2D eigenvalue weighted by molar-refractivity contribution is 7.98. The molecule has 114 valence electrons. The molecule has 0 unspecified atom stereocenters. The quantitative estimate of drug-likeness (QED) is 0.791. The van der Waals surface area contributed by atoms with Crippen LogP contribution in [0.2, 0.25) is 0 Å². The number of nitrogens with one attached hydrogen (secondary N) is 1. The predicted octanol–water partition coefficient (Wildman–Crippen LogP) is 3.41. The van der Waals surface area contributed by atoms with Gasteiger partial charge in [0.15, 0.2) is 0 Å². The topological polar surface area (TPSA) is 15.3 Å². The smallest absolute Gasteiger partial charge is 0.0233 e. The van der Waals surface area contributed by atoms with Crippen LogP contribution in [-0.2, 0) is 13.0 Å². The van der Waals surface area contributed by atoms with Gasteiger partial charge in [0.2, 0.25) is 0 Å². The molecule has 2 nitrogen and oxygen atoms in total. The summed E-state index contributed by atoms with van der Waals surface area (Å²) in [6.07, 6.45) is 3.27. The molecular weight excluding hydrogens is 264 g/mol. The molecule has 0 aliphatic carbocycles. The van der Waals surface area contributed by atoms with E-state index in [2.05, 4.69) is 68.6 Å². The van der Waals surface area contributed by atoms with Gasteiger partial charge in [-0.3, -0.25) is 0 Å². The first-order valence-electron chi connectivity index (χ1n) is 7.41. The monoisotopic (exact) mass is 294 g/mol. The van der Waals surface area contributed by atoms with Gasteiger partial charge >= 0.3 is 0 Å². The number of hydrogen-bond donors (Lipinski definition) is 1. The Hall–Kier alpha value is -0.510. The Morgan fingerprint density at radius 1 is 1.15 bits per heavy atom. The average molecular weight is 295 g/mol. The third-order valence-corrected chi connectivity index (χ3v) is 3.88. The highest BCUT2D eigenvalue weighted by Crippen LogP contribution is 2.12. The molecule has 0 bridgehead atoms. The van der Waals surface area contributed by atoms with E-state index in [1.165, 1.54) is 16.9 Å². The zero-order chi connectivity index (χ0) is 15.0. The Labute approximate surface area is 129 Å². The number of thioether (sulfide) groups is 1. The molecule has 0 heterocycles. The fourth-order valence-electron chi connectivity index (χ4n) is 2.14. The average Bonchev–Trinajstić information content (AvgIpc) is 2.37. The normalized spacial score (nSPS) is 12.1. The first kappa shape index (κ1) is 17.5. The zero-order valence-electron chi connectivity index (χ0n) is 13.7. The molecule has 0 saturated carbocycles. The largest absolute Gasteiger partial charge is 0.312 e. The summed E-state index contributed by atoms with van der Waals surface area (Å²) < 4.78 is 0. The van der Waals surface area contributed by atoms with Gasteiger partial charge in [-0.15, -0.1) is 0 Å². The maximum absolute atomic E-state index is 3.57. The molecule has 1 aromatic rings. The van der Waals surface area contributed by atoms with Gasteiger partial charge in [-0.25, -0.2) is 0 Å². The fraction of sp³-hybridized carbons (Fsp3) is 0.647. The van der Waals surface area contributed by atoms with Gasteiger partial charge in [0, 0.05) is 24.4 Å². The van der Waals surface area contributed by atoms with E-state index in [-0.39, 0.29) is 5.54 Å². The first-order valence-corrected chi connectivity index (χ1v) is 8.81. The van der Waals surface area contributed by atoms with Crippen LogP contribution in [0.15, 0.2) is 24.3 Å². The highest BCUT2D eigenvalue weighted by atomic mass is 32.2. The van der Waals surface area contributed by atoms with E-state index in [4.69, 9.17) is 0 Å². The summed E-state index contributed by atoms with van der Waals surface area (Å²) in [7, 11) is 2.21. The van der Waals surface area contributed by atoms with Crippen LogP contribution in [0.5, 0.6) is 0 Å². The van der Waals surface area contributed by atoms with Crippen molar-refractivity contribution in [1.82, 2.24) is 10.2 Å². The molecule has 1 aromatic carbocycles.